The number of amides is 1. The highest BCUT2D eigenvalue weighted by molar-refractivity contribution is 5.91. The molecule has 1 heterocycles. The van der Waals surface area contributed by atoms with E-state index >= 15 is 0 Å². The SMILES string of the molecule is CN(C)C(=O)C(CC[NH+]1CCC(O)(c2ccccc2)CC1)(c1ccccc1)c1ccccc1.[Cl-]. The van der Waals surface area contributed by atoms with Gasteiger partial charge in [-0.3, -0.25) is 4.79 Å². The molecule has 1 saturated heterocycles. The minimum Gasteiger partial charge on any atom is -1.00 e. The van der Waals surface area contributed by atoms with Crippen LogP contribution in [0.3, 0.4) is 0 Å². The second kappa shape index (κ2) is 11.2. The number of rotatable bonds is 7. The van der Waals surface area contributed by atoms with E-state index in [4.69, 9.17) is 0 Å². The number of quaternary nitrogens is 1. The number of nitrogens with zero attached hydrogens (tertiary/aromatic N) is 1. The van der Waals surface area contributed by atoms with Gasteiger partial charge in [-0.15, -0.1) is 0 Å². The Kier molecular flexibility index (Phi) is 8.53. The quantitative estimate of drug-likeness (QED) is 0.503. The molecule has 0 spiro atoms. The van der Waals surface area contributed by atoms with Gasteiger partial charge in [-0.1, -0.05) is 91.0 Å². The first-order valence-electron chi connectivity index (χ1n) is 11.9. The molecule has 180 valence electrons. The highest BCUT2D eigenvalue weighted by Crippen LogP contribution is 2.37. The van der Waals surface area contributed by atoms with Crippen molar-refractivity contribution in [1.82, 2.24) is 4.90 Å². The summed E-state index contributed by atoms with van der Waals surface area (Å²) in [5.41, 5.74) is 1.60. The maximum atomic E-state index is 13.8. The van der Waals surface area contributed by atoms with Crippen LogP contribution in [0, 0.1) is 0 Å². The van der Waals surface area contributed by atoms with Crippen molar-refractivity contribution in [1.29, 1.82) is 0 Å². The fourth-order valence-electron chi connectivity index (χ4n) is 5.30. The van der Waals surface area contributed by atoms with Crippen LogP contribution in [-0.4, -0.2) is 49.6 Å². The molecule has 0 atom stereocenters. The first-order valence-corrected chi connectivity index (χ1v) is 11.9. The van der Waals surface area contributed by atoms with Crippen molar-refractivity contribution >= 4 is 5.91 Å². The second-order valence-electron chi connectivity index (χ2n) is 9.48. The Hall–Kier alpha value is -2.66. The smallest absolute Gasteiger partial charge is 0.237 e. The maximum absolute atomic E-state index is 13.8. The molecule has 0 radical (unpaired) electrons. The molecule has 3 aromatic rings. The molecule has 1 fully saturated rings. The van der Waals surface area contributed by atoms with Crippen molar-refractivity contribution in [2.24, 2.45) is 0 Å². The van der Waals surface area contributed by atoms with Gasteiger partial charge in [0.15, 0.2) is 0 Å². The average Bonchev–Trinajstić information content (AvgIpc) is 2.87. The van der Waals surface area contributed by atoms with Crippen molar-refractivity contribution in [2.75, 3.05) is 33.7 Å². The van der Waals surface area contributed by atoms with E-state index in [1.807, 2.05) is 80.8 Å². The minimum absolute atomic E-state index is 0. The molecule has 0 unspecified atom stereocenters. The lowest BCUT2D eigenvalue weighted by molar-refractivity contribution is -0.908. The minimum atomic E-state index is -0.750. The fraction of sp³-hybridized carbons (Fsp3) is 0.345. The number of benzene rings is 3. The van der Waals surface area contributed by atoms with Crippen LogP contribution in [0.25, 0.3) is 0 Å². The van der Waals surface area contributed by atoms with Gasteiger partial charge in [0, 0.05) is 33.4 Å². The molecule has 1 amide bonds. The molecule has 34 heavy (non-hydrogen) atoms. The normalized spacial score (nSPS) is 20.3. The van der Waals surface area contributed by atoms with E-state index in [1.54, 1.807) is 4.90 Å². The summed E-state index contributed by atoms with van der Waals surface area (Å²) in [5.74, 6) is 0.108. The zero-order valence-electron chi connectivity index (χ0n) is 20.1. The van der Waals surface area contributed by atoms with Crippen LogP contribution < -0.4 is 17.3 Å². The van der Waals surface area contributed by atoms with Crippen LogP contribution in [0.4, 0.5) is 0 Å². The first kappa shape index (κ1) is 26.0. The molecule has 0 aliphatic carbocycles. The molecule has 4 rings (SSSR count). The Labute approximate surface area is 209 Å². The van der Waals surface area contributed by atoms with Gasteiger partial charge in [0.2, 0.25) is 5.91 Å². The number of aliphatic hydroxyl groups is 1. The van der Waals surface area contributed by atoms with Gasteiger partial charge in [-0.05, 0) is 16.7 Å². The predicted molar refractivity (Wildman–Crippen MR) is 132 cm³/mol. The number of piperidine rings is 1. The van der Waals surface area contributed by atoms with E-state index in [2.05, 4.69) is 24.3 Å². The van der Waals surface area contributed by atoms with Crippen LogP contribution in [0.2, 0.25) is 0 Å². The van der Waals surface area contributed by atoms with Crippen molar-refractivity contribution in [3.63, 3.8) is 0 Å². The molecule has 0 saturated carbocycles. The summed E-state index contributed by atoms with van der Waals surface area (Å²) < 4.78 is 0. The number of carbonyl (C=O) groups is 1. The Morgan fingerprint density at radius 1 is 0.853 bits per heavy atom. The molecule has 0 bridgehead atoms. The number of likely N-dealkylation sites (N-methyl/N-ethyl adjacent to an activating group) is 1. The number of carbonyl (C=O) groups excluding carboxylic acids is 1. The molecule has 5 heteroatoms. The highest BCUT2D eigenvalue weighted by Gasteiger charge is 2.44. The monoisotopic (exact) mass is 478 g/mol. The third-order valence-corrected chi connectivity index (χ3v) is 7.25. The van der Waals surface area contributed by atoms with Crippen LogP contribution in [-0.2, 0) is 15.8 Å². The number of hydrogen-bond donors (Lipinski definition) is 2. The third kappa shape index (κ3) is 5.20. The predicted octanol–water partition coefficient (Wildman–Crippen LogP) is 0.0215. The van der Waals surface area contributed by atoms with Crippen LogP contribution >= 0.6 is 0 Å². The topological polar surface area (TPSA) is 45.0 Å². The molecule has 0 aromatic heterocycles. The van der Waals surface area contributed by atoms with Gasteiger partial charge in [-0.25, -0.2) is 0 Å². The Morgan fingerprint density at radius 3 is 1.74 bits per heavy atom. The fourth-order valence-corrected chi connectivity index (χ4v) is 5.30. The van der Waals surface area contributed by atoms with Crippen molar-refractivity contribution in [3.8, 4) is 0 Å². The summed E-state index contributed by atoms with van der Waals surface area (Å²) in [7, 11) is 3.69. The van der Waals surface area contributed by atoms with Crippen LogP contribution in [0.5, 0.6) is 0 Å². The zero-order valence-corrected chi connectivity index (χ0v) is 20.8. The highest BCUT2D eigenvalue weighted by atomic mass is 35.5. The van der Waals surface area contributed by atoms with E-state index < -0.39 is 11.0 Å². The Morgan fingerprint density at radius 2 is 1.29 bits per heavy atom. The molecule has 4 nitrogen and oxygen atoms in total. The largest absolute Gasteiger partial charge is 1.00 e. The van der Waals surface area contributed by atoms with Crippen LogP contribution in [0.15, 0.2) is 91.0 Å². The van der Waals surface area contributed by atoms with Crippen molar-refractivity contribution in [3.05, 3.63) is 108 Å². The van der Waals surface area contributed by atoms with E-state index in [0.717, 1.165) is 55.6 Å². The standard InChI is InChI=1S/C29H34N2O2.ClH/c1-30(2)27(32)29(25-14-8-4-9-15-25,26-16-10-5-11-17-26)20-23-31-21-18-28(33,19-22-31)24-12-6-3-7-13-24;/h3-17,33H,18-23H2,1-2H3;1H. The van der Waals surface area contributed by atoms with E-state index in [1.165, 1.54) is 4.90 Å². The zero-order chi connectivity index (χ0) is 23.3. The van der Waals surface area contributed by atoms with E-state index in [0.29, 0.717) is 0 Å². The summed E-state index contributed by atoms with van der Waals surface area (Å²) in [6.45, 7) is 2.65. The second-order valence-corrected chi connectivity index (χ2v) is 9.48. The average molecular weight is 479 g/mol. The molecular weight excluding hydrogens is 444 g/mol. The maximum Gasteiger partial charge on any atom is 0.237 e. The summed E-state index contributed by atoms with van der Waals surface area (Å²) in [5, 5.41) is 11.2. The van der Waals surface area contributed by atoms with Crippen molar-refractivity contribution < 1.29 is 27.2 Å². The van der Waals surface area contributed by atoms with Gasteiger partial charge >= 0.3 is 0 Å². The number of hydrogen-bond acceptors (Lipinski definition) is 2. The van der Waals surface area contributed by atoms with Crippen LogP contribution in [0.1, 0.15) is 36.0 Å². The van der Waals surface area contributed by atoms with Gasteiger partial charge in [-0.2, -0.15) is 0 Å². The summed E-state index contributed by atoms with van der Waals surface area (Å²) in [6.07, 6.45) is 2.19. The third-order valence-electron chi connectivity index (χ3n) is 7.25. The Balaban J connectivity index is 0.00000324. The van der Waals surface area contributed by atoms with Gasteiger partial charge in [0.25, 0.3) is 0 Å². The lowest BCUT2D eigenvalue weighted by Gasteiger charge is -2.39. The lowest BCUT2D eigenvalue weighted by Crippen LogP contribution is -3.13. The Bertz CT molecular complexity index is 994. The number of nitrogens with one attached hydrogen (secondary N) is 1. The van der Waals surface area contributed by atoms with E-state index in [-0.39, 0.29) is 18.3 Å². The summed E-state index contributed by atoms with van der Waals surface area (Å²) in [6, 6.07) is 30.4. The lowest BCUT2D eigenvalue weighted by atomic mass is 9.70. The molecular formula is C29H35ClN2O2. The molecule has 1 aliphatic rings. The summed E-state index contributed by atoms with van der Waals surface area (Å²) in [4.78, 5) is 17.0. The molecule has 3 aromatic carbocycles. The van der Waals surface area contributed by atoms with Crippen molar-refractivity contribution in [2.45, 2.75) is 30.3 Å². The molecule has 2 N–H and O–H groups in total. The van der Waals surface area contributed by atoms with E-state index in [9.17, 15) is 9.90 Å². The molecule has 1 aliphatic heterocycles. The summed E-state index contributed by atoms with van der Waals surface area (Å²) >= 11 is 0. The van der Waals surface area contributed by atoms with Gasteiger partial charge in [0.1, 0.15) is 11.0 Å². The van der Waals surface area contributed by atoms with Gasteiger partial charge in [0.05, 0.1) is 19.6 Å². The van der Waals surface area contributed by atoms with Gasteiger partial charge < -0.3 is 27.3 Å². The number of halogens is 1. The first-order chi connectivity index (χ1) is 16.0. The number of likely N-dealkylation sites (tertiary alicyclic amines) is 1.